The van der Waals surface area contributed by atoms with Crippen LogP contribution in [0.1, 0.15) is 24.5 Å². The number of ether oxygens (including phenoxy) is 1. The van der Waals surface area contributed by atoms with Crippen LogP contribution in [0.15, 0.2) is 23.2 Å². The van der Waals surface area contributed by atoms with E-state index in [0.29, 0.717) is 19.1 Å². The van der Waals surface area contributed by atoms with Gasteiger partial charge in [-0.3, -0.25) is 4.99 Å². The summed E-state index contributed by atoms with van der Waals surface area (Å²) in [5.41, 5.74) is 9.36. The number of anilines is 1. The maximum Gasteiger partial charge on any atom is 0.193 e. The van der Waals surface area contributed by atoms with Gasteiger partial charge in [-0.1, -0.05) is 6.07 Å². The van der Waals surface area contributed by atoms with Gasteiger partial charge in [0.15, 0.2) is 5.96 Å². The van der Waals surface area contributed by atoms with Gasteiger partial charge in [0.1, 0.15) is 0 Å². The third kappa shape index (κ3) is 7.43. The van der Waals surface area contributed by atoms with E-state index in [4.69, 9.17) is 10.5 Å². The Bertz CT molecular complexity index is 465. The fraction of sp³-hybridized carbons (Fsp3) is 0.588. The summed E-state index contributed by atoms with van der Waals surface area (Å²) in [6.45, 7) is 8.38. The number of hydrogen-bond donors (Lipinski definition) is 2. The number of aliphatic imine (C=N–C) groups is 1. The molecule has 22 heavy (non-hydrogen) atoms. The fourth-order valence-corrected chi connectivity index (χ4v) is 2.30. The second-order valence-corrected chi connectivity index (χ2v) is 5.90. The first-order valence-corrected chi connectivity index (χ1v) is 7.82. The van der Waals surface area contributed by atoms with Crippen molar-refractivity contribution >= 4 is 11.6 Å². The third-order valence-electron chi connectivity index (χ3n) is 3.26. The summed E-state index contributed by atoms with van der Waals surface area (Å²) >= 11 is 0. The summed E-state index contributed by atoms with van der Waals surface area (Å²) in [5, 5.41) is 3.15. The Labute approximate surface area is 134 Å². The van der Waals surface area contributed by atoms with Gasteiger partial charge in [0.25, 0.3) is 0 Å². The van der Waals surface area contributed by atoms with Crippen molar-refractivity contribution in [1.29, 1.82) is 0 Å². The van der Waals surface area contributed by atoms with Crippen LogP contribution in [0.4, 0.5) is 5.69 Å². The van der Waals surface area contributed by atoms with Gasteiger partial charge in [0, 0.05) is 18.8 Å². The lowest BCUT2D eigenvalue weighted by molar-refractivity contribution is 0.0583. The van der Waals surface area contributed by atoms with Crippen LogP contribution in [0, 0.1) is 13.8 Å². The zero-order chi connectivity index (χ0) is 16.5. The first-order chi connectivity index (χ1) is 10.4. The normalized spacial score (nSPS) is 13.5. The molecule has 124 valence electrons. The number of hydrogen-bond acceptors (Lipinski definition) is 3. The quantitative estimate of drug-likeness (QED) is 0.572. The molecule has 0 saturated carbocycles. The van der Waals surface area contributed by atoms with Crippen molar-refractivity contribution in [3.05, 3.63) is 29.3 Å². The maximum absolute atomic E-state index is 5.98. The molecule has 0 aliphatic heterocycles. The molecule has 3 N–H and O–H groups in total. The Morgan fingerprint density at radius 1 is 1.27 bits per heavy atom. The van der Waals surface area contributed by atoms with Crippen LogP contribution >= 0.6 is 0 Å². The lowest BCUT2D eigenvalue weighted by atomic mass is 10.1. The molecule has 5 heteroatoms. The monoisotopic (exact) mass is 306 g/mol. The van der Waals surface area contributed by atoms with Gasteiger partial charge in [0.2, 0.25) is 0 Å². The van der Waals surface area contributed by atoms with Gasteiger partial charge in [-0.25, -0.2) is 0 Å². The van der Waals surface area contributed by atoms with E-state index in [9.17, 15) is 0 Å². The molecule has 0 amide bonds. The molecule has 0 spiro atoms. The highest BCUT2D eigenvalue weighted by molar-refractivity contribution is 5.92. The lowest BCUT2D eigenvalue weighted by Crippen LogP contribution is -2.28. The molecule has 0 fully saturated rings. The van der Waals surface area contributed by atoms with E-state index in [0.717, 1.165) is 18.7 Å². The molecule has 0 aliphatic carbocycles. The molecule has 1 unspecified atom stereocenters. The predicted molar refractivity (Wildman–Crippen MR) is 94.6 cm³/mol. The molecule has 1 aromatic carbocycles. The number of nitrogens with two attached hydrogens (primary N) is 1. The molecule has 0 radical (unpaired) electrons. The van der Waals surface area contributed by atoms with Crippen LogP contribution in [0.3, 0.4) is 0 Å². The average Bonchev–Trinajstić information content (AvgIpc) is 2.40. The molecular weight excluding hydrogens is 276 g/mol. The van der Waals surface area contributed by atoms with Crippen molar-refractivity contribution in [3.8, 4) is 0 Å². The van der Waals surface area contributed by atoms with Crippen molar-refractivity contribution < 1.29 is 4.74 Å². The molecular formula is C17H30N4O. The first-order valence-electron chi connectivity index (χ1n) is 7.82. The summed E-state index contributed by atoms with van der Waals surface area (Å²) in [6.07, 6.45) is 1.05. The molecule has 5 nitrogen and oxygen atoms in total. The summed E-state index contributed by atoms with van der Waals surface area (Å²) in [7, 11) is 4.12. The van der Waals surface area contributed by atoms with Crippen molar-refractivity contribution in [2.75, 3.05) is 39.1 Å². The van der Waals surface area contributed by atoms with Gasteiger partial charge in [0.05, 0.1) is 12.6 Å². The van der Waals surface area contributed by atoms with Gasteiger partial charge in [-0.05, 0) is 64.5 Å². The minimum Gasteiger partial charge on any atom is -0.377 e. The number of nitrogens with zero attached hydrogens (tertiary/aromatic N) is 2. The van der Waals surface area contributed by atoms with Crippen LogP contribution in [-0.2, 0) is 4.74 Å². The SMILES string of the molecule is CCOC(CCN(C)C)CN=C(N)Nc1cc(C)cc(C)c1. The minimum absolute atomic E-state index is 0.104. The van der Waals surface area contributed by atoms with E-state index in [2.05, 4.69) is 61.4 Å². The predicted octanol–water partition coefficient (Wildman–Crippen LogP) is 2.39. The fourth-order valence-electron chi connectivity index (χ4n) is 2.30. The minimum atomic E-state index is 0.104. The smallest absolute Gasteiger partial charge is 0.193 e. The summed E-state index contributed by atoms with van der Waals surface area (Å²) < 4.78 is 5.71. The Balaban J connectivity index is 2.58. The highest BCUT2D eigenvalue weighted by Crippen LogP contribution is 2.13. The zero-order valence-electron chi connectivity index (χ0n) is 14.5. The van der Waals surface area contributed by atoms with Crippen molar-refractivity contribution in [2.24, 2.45) is 10.7 Å². The van der Waals surface area contributed by atoms with Crippen LogP contribution in [0.25, 0.3) is 0 Å². The van der Waals surface area contributed by atoms with Crippen LogP contribution in [-0.4, -0.2) is 50.8 Å². The highest BCUT2D eigenvalue weighted by Gasteiger charge is 2.08. The molecule has 1 aromatic rings. The van der Waals surface area contributed by atoms with E-state index in [1.165, 1.54) is 11.1 Å². The Hall–Kier alpha value is -1.59. The lowest BCUT2D eigenvalue weighted by Gasteiger charge is -2.18. The van der Waals surface area contributed by atoms with Gasteiger partial charge < -0.3 is 20.7 Å². The summed E-state index contributed by atoms with van der Waals surface area (Å²) in [5.74, 6) is 0.430. The Morgan fingerprint density at radius 3 is 2.45 bits per heavy atom. The largest absolute Gasteiger partial charge is 0.377 e. The Morgan fingerprint density at radius 2 is 1.91 bits per heavy atom. The first kappa shape index (κ1) is 18.5. The summed E-state index contributed by atoms with van der Waals surface area (Å²) in [4.78, 5) is 6.56. The van der Waals surface area contributed by atoms with E-state index < -0.39 is 0 Å². The van der Waals surface area contributed by atoms with Gasteiger partial charge in [-0.2, -0.15) is 0 Å². The molecule has 0 heterocycles. The maximum atomic E-state index is 5.98. The van der Waals surface area contributed by atoms with Crippen LogP contribution < -0.4 is 11.1 Å². The van der Waals surface area contributed by atoms with Crippen molar-refractivity contribution in [3.63, 3.8) is 0 Å². The molecule has 1 rings (SSSR count). The third-order valence-corrected chi connectivity index (χ3v) is 3.26. The number of rotatable bonds is 8. The number of guanidine groups is 1. The number of benzene rings is 1. The zero-order valence-corrected chi connectivity index (χ0v) is 14.5. The number of nitrogens with one attached hydrogen (secondary N) is 1. The van der Waals surface area contributed by atoms with E-state index in [1.807, 2.05) is 6.92 Å². The van der Waals surface area contributed by atoms with Crippen molar-refractivity contribution in [1.82, 2.24) is 4.90 Å². The van der Waals surface area contributed by atoms with Crippen molar-refractivity contribution in [2.45, 2.75) is 33.3 Å². The van der Waals surface area contributed by atoms with Crippen LogP contribution in [0.2, 0.25) is 0 Å². The molecule has 0 saturated heterocycles. The second kappa shape index (κ2) is 9.43. The Kier molecular flexibility index (Phi) is 7.91. The summed E-state index contributed by atoms with van der Waals surface area (Å²) in [6, 6.07) is 6.24. The van der Waals surface area contributed by atoms with Crippen LogP contribution in [0.5, 0.6) is 0 Å². The average molecular weight is 306 g/mol. The topological polar surface area (TPSA) is 62.9 Å². The number of aryl methyl sites for hydroxylation is 2. The standard InChI is InChI=1S/C17H30N4O/c1-6-22-16(7-8-21(4)5)12-19-17(18)20-15-10-13(2)9-14(3)11-15/h9-11,16H,6-8,12H2,1-5H3,(H3,18,19,20). The van der Waals surface area contributed by atoms with Gasteiger partial charge in [-0.15, -0.1) is 0 Å². The second-order valence-electron chi connectivity index (χ2n) is 5.90. The van der Waals surface area contributed by atoms with Gasteiger partial charge >= 0.3 is 0 Å². The molecule has 0 aromatic heterocycles. The van der Waals surface area contributed by atoms with E-state index >= 15 is 0 Å². The molecule has 0 bridgehead atoms. The molecule has 0 aliphatic rings. The molecule has 1 atom stereocenters. The van der Waals surface area contributed by atoms with E-state index in [-0.39, 0.29) is 6.10 Å². The van der Waals surface area contributed by atoms with E-state index in [1.54, 1.807) is 0 Å². The highest BCUT2D eigenvalue weighted by atomic mass is 16.5.